The van der Waals surface area contributed by atoms with Gasteiger partial charge < -0.3 is 14.5 Å². The molecule has 6 rings (SSSR count). The molecule has 8 heteroatoms. The summed E-state index contributed by atoms with van der Waals surface area (Å²) in [5.74, 6) is 2.32. The average Bonchev–Trinajstić information content (AvgIpc) is 3.38. The van der Waals surface area contributed by atoms with Crippen LogP contribution in [-0.2, 0) is 11.3 Å². The third-order valence-corrected chi connectivity index (χ3v) is 7.50. The Balaban J connectivity index is 1.26. The molecule has 0 radical (unpaired) electrons. The van der Waals surface area contributed by atoms with Crippen molar-refractivity contribution >= 4 is 28.6 Å². The van der Waals surface area contributed by atoms with Crippen molar-refractivity contribution in [1.29, 1.82) is 0 Å². The quantitative estimate of drug-likeness (QED) is 0.402. The summed E-state index contributed by atoms with van der Waals surface area (Å²) in [5, 5.41) is 10.4. The molecule has 0 bridgehead atoms. The molecule has 1 aliphatic carbocycles. The molecule has 2 fully saturated rings. The predicted octanol–water partition coefficient (Wildman–Crippen LogP) is 5.09. The fraction of sp³-hybridized carbons (Fsp3) is 0.429. The molecule has 0 spiro atoms. The fourth-order valence-electron chi connectivity index (χ4n) is 5.49. The Bertz CT molecular complexity index is 1370. The largest absolute Gasteiger partial charge is 0.445 e. The number of aromatic nitrogens is 4. The van der Waals surface area contributed by atoms with Crippen molar-refractivity contribution in [3.8, 4) is 0 Å². The number of rotatable bonds is 4. The summed E-state index contributed by atoms with van der Waals surface area (Å²) in [6.07, 6.45) is 5.79. The molecular weight excluding hydrogens is 452 g/mol. The van der Waals surface area contributed by atoms with E-state index < -0.39 is 0 Å². The van der Waals surface area contributed by atoms with Gasteiger partial charge in [0.05, 0.1) is 5.52 Å². The minimum atomic E-state index is -0.266. The van der Waals surface area contributed by atoms with Crippen LogP contribution in [0.3, 0.4) is 0 Å². The Hall–Kier alpha value is -3.68. The van der Waals surface area contributed by atoms with Gasteiger partial charge in [0, 0.05) is 37.5 Å². The topological polar surface area (TPSA) is 75.9 Å². The summed E-state index contributed by atoms with van der Waals surface area (Å²) in [5.41, 5.74) is 3.98. The number of ether oxygens (including phenoxy) is 1. The Morgan fingerprint density at radius 2 is 1.75 bits per heavy atom. The molecule has 36 heavy (non-hydrogen) atoms. The number of amides is 1. The molecule has 0 N–H and O–H groups in total. The maximum atomic E-state index is 12.7. The van der Waals surface area contributed by atoms with Crippen LogP contribution in [-0.4, -0.2) is 56.8 Å². The summed E-state index contributed by atoms with van der Waals surface area (Å²) >= 11 is 0. The van der Waals surface area contributed by atoms with Gasteiger partial charge in [-0.2, -0.15) is 0 Å². The highest BCUT2D eigenvalue weighted by Crippen LogP contribution is 2.35. The first-order valence-corrected chi connectivity index (χ1v) is 13.0. The van der Waals surface area contributed by atoms with Gasteiger partial charge in [-0.3, -0.25) is 0 Å². The number of hydrogen-bond donors (Lipinski definition) is 0. The molecule has 1 amide bonds. The first-order chi connectivity index (χ1) is 17.7. The summed E-state index contributed by atoms with van der Waals surface area (Å²) in [7, 11) is 0. The fourth-order valence-corrected chi connectivity index (χ4v) is 5.49. The number of benzene rings is 2. The molecule has 1 saturated heterocycles. The van der Waals surface area contributed by atoms with Crippen LogP contribution < -0.4 is 4.90 Å². The molecule has 2 aliphatic rings. The number of carbonyl (C=O) groups is 1. The van der Waals surface area contributed by atoms with Crippen molar-refractivity contribution in [2.75, 3.05) is 31.1 Å². The van der Waals surface area contributed by atoms with E-state index in [0.29, 0.717) is 32.1 Å². The lowest BCUT2D eigenvalue weighted by molar-refractivity contribution is 0.0940. The minimum Gasteiger partial charge on any atom is -0.445 e. The van der Waals surface area contributed by atoms with E-state index in [1.807, 2.05) is 30.3 Å². The van der Waals surface area contributed by atoms with Gasteiger partial charge >= 0.3 is 6.09 Å². The second kappa shape index (κ2) is 9.76. The van der Waals surface area contributed by atoms with Gasteiger partial charge in [0.15, 0.2) is 5.65 Å². The highest BCUT2D eigenvalue weighted by Gasteiger charge is 2.29. The number of carbonyl (C=O) groups excluding carboxylic acids is 1. The Morgan fingerprint density at radius 1 is 0.972 bits per heavy atom. The Morgan fingerprint density at radius 3 is 2.53 bits per heavy atom. The highest BCUT2D eigenvalue weighted by atomic mass is 16.6. The van der Waals surface area contributed by atoms with Crippen LogP contribution in [0.15, 0.2) is 48.5 Å². The maximum absolute atomic E-state index is 12.7. The number of anilines is 1. The first kappa shape index (κ1) is 22.8. The SMILES string of the molecule is Cc1ccc2nc(N3CCN(C(=O)OCc4ccccc4)CC3)n3c(C4CCCCC4)nnc3c2c1. The molecule has 2 aromatic carbocycles. The van der Waals surface area contributed by atoms with Gasteiger partial charge in [0.25, 0.3) is 0 Å². The number of hydrogen-bond acceptors (Lipinski definition) is 6. The van der Waals surface area contributed by atoms with E-state index in [2.05, 4.69) is 39.5 Å². The zero-order chi connectivity index (χ0) is 24.5. The van der Waals surface area contributed by atoms with Crippen molar-refractivity contribution in [3.05, 3.63) is 65.5 Å². The molecule has 3 heterocycles. The van der Waals surface area contributed by atoms with E-state index in [0.717, 1.165) is 46.7 Å². The summed E-state index contributed by atoms with van der Waals surface area (Å²) in [6.45, 7) is 4.92. The number of piperazine rings is 1. The summed E-state index contributed by atoms with van der Waals surface area (Å²) in [4.78, 5) is 21.9. The highest BCUT2D eigenvalue weighted by molar-refractivity contribution is 5.93. The van der Waals surface area contributed by atoms with Crippen molar-refractivity contribution in [2.24, 2.45) is 0 Å². The third-order valence-electron chi connectivity index (χ3n) is 7.50. The van der Waals surface area contributed by atoms with Crippen LogP contribution in [0, 0.1) is 6.92 Å². The number of aryl methyl sites for hydroxylation is 1. The smallest absolute Gasteiger partial charge is 0.410 e. The number of fused-ring (bicyclic) bond motifs is 3. The molecule has 0 atom stereocenters. The molecule has 8 nitrogen and oxygen atoms in total. The Kier molecular flexibility index (Phi) is 6.17. The van der Waals surface area contributed by atoms with Crippen LogP contribution in [0.2, 0.25) is 0 Å². The van der Waals surface area contributed by atoms with Crippen LogP contribution >= 0.6 is 0 Å². The standard InChI is InChI=1S/C28H32N6O2/c1-20-12-13-24-23(18-20)26-31-30-25(22-10-6-3-7-11-22)34(26)27(29-24)32-14-16-33(17-15-32)28(35)36-19-21-8-4-2-5-9-21/h2,4-5,8-9,12-13,18,22H,3,6-7,10-11,14-17,19H2,1H3. The normalized spacial score (nSPS) is 17.1. The van der Waals surface area contributed by atoms with Gasteiger partial charge in [-0.25, -0.2) is 14.2 Å². The molecule has 2 aromatic heterocycles. The van der Waals surface area contributed by atoms with E-state index in [9.17, 15) is 4.79 Å². The summed E-state index contributed by atoms with van der Waals surface area (Å²) in [6, 6.07) is 16.1. The minimum absolute atomic E-state index is 0.266. The van der Waals surface area contributed by atoms with Crippen molar-refractivity contribution in [3.63, 3.8) is 0 Å². The van der Waals surface area contributed by atoms with Gasteiger partial charge in [-0.1, -0.05) is 61.2 Å². The van der Waals surface area contributed by atoms with E-state index in [1.165, 1.54) is 24.8 Å². The van der Waals surface area contributed by atoms with Crippen LogP contribution in [0.1, 0.15) is 55.0 Å². The maximum Gasteiger partial charge on any atom is 0.410 e. The third kappa shape index (κ3) is 4.36. The van der Waals surface area contributed by atoms with Gasteiger partial charge in [-0.05, 0) is 37.5 Å². The first-order valence-electron chi connectivity index (χ1n) is 13.0. The molecule has 1 saturated carbocycles. The van der Waals surface area contributed by atoms with Crippen molar-refractivity contribution in [2.45, 2.75) is 51.6 Å². The predicted molar refractivity (Wildman–Crippen MR) is 139 cm³/mol. The lowest BCUT2D eigenvalue weighted by atomic mass is 9.89. The van der Waals surface area contributed by atoms with Crippen LogP contribution in [0.4, 0.5) is 10.7 Å². The van der Waals surface area contributed by atoms with E-state index in [4.69, 9.17) is 14.8 Å². The molecule has 4 aromatic rings. The molecule has 0 unspecified atom stereocenters. The van der Waals surface area contributed by atoms with Crippen molar-refractivity contribution < 1.29 is 9.53 Å². The molecule has 1 aliphatic heterocycles. The van der Waals surface area contributed by atoms with Gasteiger partial charge in [0.1, 0.15) is 12.4 Å². The van der Waals surface area contributed by atoms with E-state index in [-0.39, 0.29) is 12.7 Å². The average molecular weight is 485 g/mol. The number of nitrogens with zero attached hydrogens (tertiary/aromatic N) is 6. The van der Waals surface area contributed by atoms with E-state index >= 15 is 0 Å². The monoisotopic (exact) mass is 484 g/mol. The second-order valence-electron chi connectivity index (χ2n) is 10.00. The van der Waals surface area contributed by atoms with Gasteiger partial charge in [0.2, 0.25) is 5.95 Å². The molecular formula is C28H32N6O2. The zero-order valence-corrected chi connectivity index (χ0v) is 20.8. The van der Waals surface area contributed by atoms with E-state index in [1.54, 1.807) is 4.90 Å². The Labute approximate surface area is 210 Å². The molecule has 186 valence electrons. The lowest BCUT2D eigenvalue weighted by Crippen LogP contribution is -2.49. The summed E-state index contributed by atoms with van der Waals surface area (Å²) < 4.78 is 7.76. The lowest BCUT2D eigenvalue weighted by Gasteiger charge is -2.35. The van der Waals surface area contributed by atoms with Crippen LogP contribution in [0.25, 0.3) is 16.6 Å². The van der Waals surface area contributed by atoms with Crippen molar-refractivity contribution in [1.82, 2.24) is 24.5 Å². The van der Waals surface area contributed by atoms with Gasteiger partial charge in [-0.15, -0.1) is 10.2 Å². The second-order valence-corrected chi connectivity index (χ2v) is 10.00. The zero-order valence-electron chi connectivity index (χ0n) is 20.8. The van der Waals surface area contributed by atoms with Crippen LogP contribution in [0.5, 0.6) is 0 Å².